The number of piperidine rings is 1. The number of halogens is 2. The van der Waals surface area contributed by atoms with Crippen molar-refractivity contribution < 1.29 is 0 Å². The van der Waals surface area contributed by atoms with Gasteiger partial charge in [-0.1, -0.05) is 18.2 Å². The van der Waals surface area contributed by atoms with Crippen LogP contribution in [0.15, 0.2) is 30.5 Å². The van der Waals surface area contributed by atoms with Crippen molar-refractivity contribution in [3.8, 4) is 0 Å². The Morgan fingerprint density at radius 3 is 2.65 bits per heavy atom. The zero-order chi connectivity index (χ0) is 11.0. The van der Waals surface area contributed by atoms with Gasteiger partial charge in [0.05, 0.1) is 5.52 Å². The first kappa shape index (κ1) is 12.7. The van der Waals surface area contributed by atoms with Gasteiger partial charge in [0.15, 0.2) is 0 Å². The highest BCUT2D eigenvalue weighted by molar-refractivity contribution is 6.19. The molecule has 3 rings (SSSR count). The number of para-hydroxylation sites is 1. The summed E-state index contributed by atoms with van der Waals surface area (Å²) in [4.78, 5) is 0. The van der Waals surface area contributed by atoms with Crippen molar-refractivity contribution >= 4 is 35.1 Å². The molecule has 0 saturated carbocycles. The lowest BCUT2D eigenvalue weighted by atomic mass is 9.90. The number of fused-ring (bicyclic) bond motifs is 1. The smallest absolute Gasteiger partial charge is 0.0650 e. The predicted octanol–water partition coefficient (Wildman–Crippen LogP) is 3.53. The molecule has 92 valence electrons. The van der Waals surface area contributed by atoms with Gasteiger partial charge in [-0.2, -0.15) is 0 Å². The summed E-state index contributed by atoms with van der Waals surface area (Å²) in [7, 11) is 0. The molecule has 1 N–H and O–H groups in total. The molecule has 17 heavy (non-hydrogen) atoms. The van der Waals surface area contributed by atoms with E-state index in [4.69, 9.17) is 11.8 Å². The molecule has 1 aliphatic rings. The maximum absolute atomic E-state index is 6.20. The first-order chi connectivity index (χ1) is 7.86. The molecule has 2 nitrogen and oxygen atoms in total. The normalized spacial score (nSPS) is 17.0. The van der Waals surface area contributed by atoms with E-state index in [-0.39, 0.29) is 12.4 Å². The topological polar surface area (TPSA) is 17.0 Å². The fourth-order valence-corrected chi connectivity index (χ4v) is 2.88. The minimum absolute atomic E-state index is 0. The fourth-order valence-electron chi connectivity index (χ4n) is 2.62. The highest BCUT2D eigenvalue weighted by Gasteiger charge is 2.19. The largest absolute Gasteiger partial charge is 0.317 e. The first-order valence-electron chi connectivity index (χ1n) is 5.83. The van der Waals surface area contributed by atoms with Gasteiger partial charge in [-0.25, -0.2) is 0 Å². The van der Waals surface area contributed by atoms with Gasteiger partial charge in [0.2, 0.25) is 0 Å². The summed E-state index contributed by atoms with van der Waals surface area (Å²) < 4.78 is 1.73. The summed E-state index contributed by atoms with van der Waals surface area (Å²) in [6.45, 7) is 2.24. The molecule has 1 aromatic carbocycles. The molecule has 0 atom stereocenters. The van der Waals surface area contributed by atoms with Crippen molar-refractivity contribution in [1.29, 1.82) is 0 Å². The van der Waals surface area contributed by atoms with Gasteiger partial charge in [0, 0.05) is 23.4 Å². The summed E-state index contributed by atoms with van der Waals surface area (Å²) in [5.41, 5.74) is 2.53. The van der Waals surface area contributed by atoms with Crippen LogP contribution in [0.25, 0.3) is 10.9 Å². The van der Waals surface area contributed by atoms with Crippen LogP contribution >= 0.6 is 24.2 Å². The van der Waals surface area contributed by atoms with Crippen LogP contribution in [0.3, 0.4) is 0 Å². The van der Waals surface area contributed by atoms with E-state index in [1.165, 1.54) is 23.8 Å². The summed E-state index contributed by atoms with van der Waals surface area (Å²) in [6, 6.07) is 8.37. The monoisotopic (exact) mass is 270 g/mol. The molecule has 2 aromatic rings. The average molecular weight is 271 g/mol. The van der Waals surface area contributed by atoms with E-state index in [9.17, 15) is 0 Å². The van der Waals surface area contributed by atoms with Crippen LogP contribution in [0.1, 0.15) is 24.3 Å². The van der Waals surface area contributed by atoms with E-state index < -0.39 is 0 Å². The molecule has 0 aliphatic carbocycles. The maximum atomic E-state index is 6.20. The van der Waals surface area contributed by atoms with Gasteiger partial charge in [-0.05, 0) is 43.5 Å². The molecule has 1 saturated heterocycles. The van der Waals surface area contributed by atoms with E-state index in [0.29, 0.717) is 5.92 Å². The van der Waals surface area contributed by atoms with E-state index in [2.05, 4.69) is 29.7 Å². The van der Waals surface area contributed by atoms with Crippen molar-refractivity contribution in [2.24, 2.45) is 0 Å². The molecule has 2 heterocycles. The van der Waals surface area contributed by atoms with E-state index in [1.54, 1.807) is 4.09 Å². The first-order valence-corrected chi connectivity index (χ1v) is 6.17. The molecule has 1 aromatic heterocycles. The van der Waals surface area contributed by atoms with Gasteiger partial charge in [-0.15, -0.1) is 12.4 Å². The number of nitrogens with one attached hydrogen (secondary N) is 1. The Kier molecular flexibility index (Phi) is 3.97. The van der Waals surface area contributed by atoms with E-state index in [1.807, 2.05) is 6.07 Å². The zero-order valence-corrected chi connectivity index (χ0v) is 11.1. The third kappa shape index (κ3) is 2.30. The van der Waals surface area contributed by atoms with Crippen LogP contribution in [0, 0.1) is 0 Å². The number of aromatic nitrogens is 1. The Morgan fingerprint density at radius 1 is 1.18 bits per heavy atom. The van der Waals surface area contributed by atoms with Crippen LogP contribution in [0.5, 0.6) is 0 Å². The minimum Gasteiger partial charge on any atom is -0.317 e. The van der Waals surface area contributed by atoms with Crippen LogP contribution in [0.4, 0.5) is 0 Å². The summed E-state index contributed by atoms with van der Waals surface area (Å²) in [5, 5.41) is 4.71. The number of nitrogens with zero attached hydrogens (tertiary/aromatic N) is 1. The number of hydrogen-bond acceptors (Lipinski definition) is 1. The highest BCUT2D eigenvalue weighted by Crippen LogP contribution is 2.33. The third-order valence-electron chi connectivity index (χ3n) is 3.48. The molecule has 0 amide bonds. The Hall–Kier alpha value is -0.700. The molecular weight excluding hydrogens is 255 g/mol. The SMILES string of the molecule is Cl.Cln1cc(C2CCNCC2)c2ccccc21. The van der Waals surface area contributed by atoms with Gasteiger partial charge in [0.1, 0.15) is 0 Å². The summed E-state index contributed by atoms with van der Waals surface area (Å²) in [5.74, 6) is 0.658. The fraction of sp³-hybridized carbons (Fsp3) is 0.385. The molecular formula is C13H16Cl2N2. The van der Waals surface area contributed by atoms with Gasteiger partial charge >= 0.3 is 0 Å². The number of benzene rings is 1. The standard InChI is InChI=1S/C13H15ClN2.ClH/c14-16-9-12(10-5-7-15-8-6-10)11-3-1-2-4-13(11)16;/h1-4,9-10,15H,5-8H2;1H. The molecule has 0 unspecified atom stereocenters. The number of hydrogen-bond donors (Lipinski definition) is 1. The Balaban J connectivity index is 0.00000108. The molecule has 1 aliphatic heterocycles. The Morgan fingerprint density at radius 2 is 1.88 bits per heavy atom. The minimum atomic E-state index is 0. The lowest BCUT2D eigenvalue weighted by Crippen LogP contribution is -2.26. The van der Waals surface area contributed by atoms with Crippen LogP contribution in [-0.2, 0) is 0 Å². The van der Waals surface area contributed by atoms with Gasteiger partial charge in [0.25, 0.3) is 0 Å². The van der Waals surface area contributed by atoms with E-state index >= 15 is 0 Å². The van der Waals surface area contributed by atoms with Crippen molar-refractivity contribution in [3.05, 3.63) is 36.0 Å². The highest BCUT2D eigenvalue weighted by atomic mass is 35.5. The second-order valence-corrected chi connectivity index (χ2v) is 4.80. The van der Waals surface area contributed by atoms with Crippen molar-refractivity contribution in [2.45, 2.75) is 18.8 Å². The zero-order valence-electron chi connectivity index (χ0n) is 9.53. The van der Waals surface area contributed by atoms with Crippen LogP contribution in [-0.4, -0.2) is 17.2 Å². The summed E-state index contributed by atoms with van der Waals surface area (Å²) in [6.07, 6.45) is 4.51. The quantitative estimate of drug-likeness (QED) is 0.839. The van der Waals surface area contributed by atoms with Gasteiger partial charge in [-0.3, -0.25) is 4.09 Å². The number of rotatable bonds is 1. The van der Waals surface area contributed by atoms with Crippen molar-refractivity contribution in [1.82, 2.24) is 9.40 Å². The molecule has 1 fully saturated rings. The van der Waals surface area contributed by atoms with Crippen LogP contribution in [0.2, 0.25) is 0 Å². The average Bonchev–Trinajstić information content (AvgIpc) is 2.69. The molecule has 0 bridgehead atoms. The Bertz CT molecular complexity index is 501. The van der Waals surface area contributed by atoms with E-state index in [0.717, 1.165) is 18.6 Å². The maximum Gasteiger partial charge on any atom is 0.0650 e. The second-order valence-electron chi connectivity index (χ2n) is 4.44. The lowest BCUT2D eigenvalue weighted by Gasteiger charge is -2.22. The predicted molar refractivity (Wildman–Crippen MR) is 75.3 cm³/mol. The second kappa shape index (κ2) is 5.30. The van der Waals surface area contributed by atoms with Gasteiger partial charge < -0.3 is 5.32 Å². The van der Waals surface area contributed by atoms with Crippen molar-refractivity contribution in [3.63, 3.8) is 0 Å². The summed E-state index contributed by atoms with van der Waals surface area (Å²) >= 11 is 6.20. The molecule has 4 heteroatoms. The lowest BCUT2D eigenvalue weighted by molar-refractivity contribution is 0.462. The third-order valence-corrected chi connectivity index (χ3v) is 3.76. The Labute approximate surface area is 112 Å². The van der Waals surface area contributed by atoms with Crippen LogP contribution < -0.4 is 5.32 Å². The molecule has 0 radical (unpaired) electrons. The van der Waals surface area contributed by atoms with Crippen molar-refractivity contribution in [2.75, 3.05) is 13.1 Å². The molecule has 0 spiro atoms.